The summed E-state index contributed by atoms with van der Waals surface area (Å²) in [5.41, 5.74) is -4.44. The standard InChI is InChI=1S/C34H42F6N2O4/c1-7-11-21-19-26-25(20-46-32(26,33(35,36)37)34(38,39)40)24(12-8-2)27(21)45-18-10-9-17-42-28(43)31(6,41-29(42)44)23-15-13-22(14-16-23)30(3,4)5/h13-16,19H,7-12,17-18,20H2,1-6H3,(H,41,44). The molecule has 1 atom stereocenters. The summed E-state index contributed by atoms with van der Waals surface area (Å²) < 4.78 is 95.1. The molecule has 254 valence electrons. The number of amides is 3. The van der Waals surface area contributed by atoms with Crippen LogP contribution in [0.1, 0.15) is 101 Å². The lowest BCUT2D eigenvalue weighted by Crippen LogP contribution is -2.53. The normalized spacial score (nSPS) is 19.9. The Labute approximate surface area is 265 Å². The van der Waals surface area contributed by atoms with Crippen LogP contribution in [0.15, 0.2) is 30.3 Å². The molecule has 2 heterocycles. The summed E-state index contributed by atoms with van der Waals surface area (Å²) in [7, 11) is 0. The highest BCUT2D eigenvalue weighted by molar-refractivity contribution is 6.07. The largest absolute Gasteiger partial charge is 0.493 e. The van der Waals surface area contributed by atoms with E-state index in [1.807, 2.05) is 24.3 Å². The monoisotopic (exact) mass is 656 g/mol. The second-order valence-electron chi connectivity index (χ2n) is 13.2. The Morgan fingerprint density at radius 2 is 1.54 bits per heavy atom. The van der Waals surface area contributed by atoms with Gasteiger partial charge < -0.3 is 14.8 Å². The average molecular weight is 657 g/mol. The number of alkyl halides is 6. The van der Waals surface area contributed by atoms with Gasteiger partial charge in [-0.15, -0.1) is 0 Å². The maximum atomic E-state index is 14.1. The van der Waals surface area contributed by atoms with E-state index in [2.05, 4.69) is 30.8 Å². The van der Waals surface area contributed by atoms with Gasteiger partial charge in [-0.1, -0.05) is 71.7 Å². The van der Waals surface area contributed by atoms with Crippen molar-refractivity contribution in [1.29, 1.82) is 0 Å². The van der Waals surface area contributed by atoms with E-state index in [0.717, 1.165) is 16.5 Å². The number of benzene rings is 2. The maximum absolute atomic E-state index is 14.1. The molecule has 2 aromatic rings. The van der Waals surface area contributed by atoms with Crippen LogP contribution in [0.4, 0.5) is 31.1 Å². The fraction of sp³-hybridized carbons (Fsp3) is 0.588. The quantitative estimate of drug-likeness (QED) is 0.150. The van der Waals surface area contributed by atoms with Crippen molar-refractivity contribution in [2.75, 3.05) is 13.2 Å². The summed E-state index contributed by atoms with van der Waals surface area (Å²) in [6.07, 6.45) is -9.31. The Kier molecular flexibility index (Phi) is 9.84. The number of hydrogen-bond acceptors (Lipinski definition) is 4. The van der Waals surface area contributed by atoms with E-state index < -0.39 is 41.7 Å². The molecular formula is C34H42F6N2O4. The van der Waals surface area contributed by atoms with Crippen LogP contribution in [0.2, 0.25) is 0 Å². The predicted molar refractivity (Wildman–Crippen MR) is 160 cm³/mol. The Balaban J connectivity index is 1.49. The zero-order chi connectivity index (χ0) is 34.3. The summed E-state index contributed by atoms with van der Waals surface area (Å²) in [4.78, 5) is 27.3. The Bertz CT molecular complexity index is 1430. The number of halogens is 6. The second kappa shape index (κ2) is 12.7. The van der Waals surface area contributed by atoms with Gasteiger partial charge in [-0.05, 0) is 66.3 Å². The Hall–Kier alpha value is -3.28. The Morgan fingerprint density at radius 1 is 0.935 bits per heavy atom. The number of ether oxygens (including phenoxy) is 2. The van der Waals surface area contributed by atoms with Crippen molar-refractivity contribution in [2.45, 2.75) is 116 Å². The molecule has 1 fully saturated rings. The molecule has 0 radical (unpaired) electrons. The SMILES string of the molecule is CCCc1cc2c(c(CCC)c1OCCCCN1C(=O)NC(C)(c3ccc(C(C)(C)C)cc3)C1=O)COC2(C(F)(F)F)C(F)(F)F. The minimum atomic E-state index is -5.71. The molecule has 1 N–H and O–H groups in total. The van der Waals surface area contributed by atoms with Crippen molar-refractivity contribution in [2.24, 2.45) is 0 Å². The first-order valence-corrected chi connectivity index (χ1v) is 15.7. The second-order valence-corrected chi connectivity index (χ2v) is 13.2. The number of imide groups is 1. The van der Waals surface area contributed by atoms with Crippen LogP contribution in [0.25, 0.3) is 0 Å². The van der Waals surface area contributed by atoms with Gasteiger partial charge in [-0.3, -0.25) is 9.69 Å². The molecule has 2 aliphatic heterocycles. The molecule has 0 aromatic heterocycles. The number of nitrogens with zero attached hydrogens (tertiary/aromatic N) is 1. The number of carbonyl (C=O) groups is 2. The lowest BCUT2D eigenvalue weighted by atomic mass is 9.84. The third-order valence-electron chi connectivity index (χ3n) is 8.83. The first-order valence-electron chi connectivity index (χ1n) is 15.7. The van der Waals surface area contributed by atoms with Gasteiger partial charge in [0, 0.05) is 17.7 Å². The minimum absolute atomic E-state index is 0.0740. The van der Waals surface area contributed by atoms with Gasteiger partial charge in [-0.2, -0.15) is 26.3 Å². The zero-order valence-corrected chi connectivity index (χ0v) is 27.1. The van der Waals surface area contributed by atoms with Crippen molar-refractivity contribution >= 4 is 11.9 Å². The number of urea groups is 1. The lowest BCUT2D eigenvalue weighted by molar-refractivity contribution is -0.385. The van der Waals surface area contributed by atoms with Gasteiger partial charge in [0.1, 0.15) is 11.3 Å². The van der Waals surface area contributed by atoms with Gasteiger partial charge in [0.2, 0.25) is 0 Å². The van der Waals surface area contributed by atoms with E-state index in [0.29, 0.717) is 36.8 Å². The first kappa shape index (κ1) is 35.6. The number of nitrogens with one attached hydrogen (secondary N) is 1. The molecule has 1 unspecified atom stereocenters. The van der Waals surface area contributed by atoms with Gasteiger partial charge in [0.25, 0.3) is 11.5 Å². The molecule has 6 nitrogen and oxygen atoms in total. The molecule has 12 heteroatoms. The molecule has 4 rings (SSSR count). The molecule has 46 heavy (non-hydrogen) atoms. The predicted octanol–water partition coefficient (Wildman–Crippen LogP) is 8.37. The van der Waals surface area contributed by atoms with Crippen LogP contribution in [0.3, 0.4) is 0 Å². The van der Waals surface area contributed by atoms with Crippen molar-refractivity contribution in [3.63, 3.8) is 0 Å². The van der Waals surface area contributed by atoms with E-state index in [4.69, 9.17) is 4.74 Å². The summed E-state index contributed by atoms with van der Waals surface area (Å²) in [5.74, 6) is -0.0960. The topological polar surface area (TPSA) is 67.9 Å². The van der Waals surface area contributed by atoms with Gasteiger partial charge >= 0.3 is 18.4 Å². The van der Waals surface area contributed by atoms with Gasteiger partial charge in [0.15, 0.2) is 0 Å². The molecule has 0 aliphatic carbocycles. The van der Waals surface area contributed by atoms with E-state index in [1.54, 1.807) is 20.8 Å². The van der Waals surface area contributed by atoms with Crippen molar-refractivity contribution in [1.82, 2.24) is 10.2 Å². The summed E-state index contributed by atoms with van der Waals surface area (Å²) in [6, 6.07) is 8.00. The van der Waals surface area contributed by atoms with Crippen LogP contribution >= 0.6 is 0 Å². The highest BCUT2D eigenvalue weighted by Crippen LogP contribution is 2.58. The summed E-state index contributed by atoms with van der Waals surface area (Å²) >= 11 is 0. The zero-order valence-electron chi connectivity index (χ0n) is 27.1. The molecule has 0 bridgehead atoms. The number of fused-ring (bicyclic) bond motifs is 1. The number of unbranched alkanes of at least 4 members (excludes halogenated alkanes) is 1. The molecule has 2 aromatic carbocycles. The highest BCUT2D eigenvalue weighted by Gasteiger charge is 2.76. The first-order chi connectivity index (χ1) is 21.3. The van der Waals surface area contributed by atoms with Crippen molar-refractivity contribution in [3.8, 4) is 5.75 Å². The number of carbonyl (C=O) groups excluding carboxylic acids is 2. The van der Waals surface area contributed by atoms with Crippen LogP contribution in [0, 0.1) is 0 Å². The Morgan fingerprint density at radius 3 is 2.09 bits per heavy atom. The maximum Gasteiger partial charge on any atom is 0.430 e. The number of rotatable bonds is 11. The van der Waals surface area contributed by atoms with Crippen molar-refractivity contribution < 1.29 is 45.4 Å². The van der Waals surface area contributed by atoms with Crippen LogP contribution in [-0.4, -0.2) is 42.3 Å². The third kappa shape index (κ3) is 6.21. The fourth-order valence-corrected chi connectivity index (χ4v) is 6.28. The molecular weight excluding hydrogens is 614 g/mol. The molecule has 2 aliphatic rings. The third-order valence-corrected chi connectivity index (χ3v) is 8.83. The van der Waals surface area contributed by atoms with Crippen LogP contribution in [0.5, 0.6) is 5.75 Å². The van der Waals surface area contributed by atoms with Gasteiger partial charge in [-0.25, -0.2) is 4.79 Å². The molecule has 3 amide bonds. The minimum Gasteiger partial charge on any atom is -0.493 e. The lowest BCUT2D eigenvalue weighted by Gasteiger charge is -2.34. The fourth-order valence-electron chi connectivity index (χ4n) is 6.28. The average Bonchev–Trinajstić information content (AvgIpc) is 3.45. The van der Waals surface area contributed by atoms with E-state index in [1.165, 1.54) is 0 Å². The van der Waals surface area contributed by atoms with Gasteiger partial charge in [0.05, 0.1) is 13.2 Å². The van der Waals surface area contributed by atoms with Crippen molar-refractivity contribution in [3.05, 3.63) is 63.7 Å². The molecule has 0 spiro atoms. The van der Waals surface area contributed by atoms with E-state index in [9.17, 15) is 35.9 Å². The van der Waals surface area contributed by atoms with Crippen LogP contribution < -0.4 is 10.1 Å². The smallest absolute Gasteiger partial charge is 0.430 e. The van der Waals surface area contributed by atoms with Crippen LogP contribution in [-0.2, 0) is 45.5 Å². The number of hydrogen-bond donors (Lipinski definition) is 1. The molecule has 1 saturated heterocycles. The number of aryl methyl sites for hydroxylation is 1. The molecule has 0 saturated carbocycles. The van der Waals surface area contributed by atoms with E-state index in [-0.39, 0.29) is 54.2 Å². The van der Waals surface area contributed by atoms with E-state index >= 15 is 0 Å². The summed E-state index contributed by atoms with van der Waals surface area (Å²) in [6.45, 7) is 10.8. The summed E-state index contributed by atoms with van der Waals surface area (Å²) in [5, 5.41) is 2.80. The highest BCUT2D eigenvalue weighted by atomic mass is 19.4.